The molecule has 0 atom stereocenters. The van der Waals surface area contributed by atoms with E-state index in [1.54, 1.807) is 24.3 Å². The summed E-state index contributed by atoms with van der Waals surface area (Å²) in [6.07, 6.45) is 0. The molecule has 2 rings (SSSR count). The fraction of sp³-hybridized carbons (Fsp3) is 0.125. The smallest absolute Gasteiger partial charge is 0.234 e. The van der Waals surface area contributed by atoms with Crippen LogP contribution in [0.4, 0.5) is 10.1 Å². The number of thioether (sulfide) groups is 1. The first-order valence-electron chi connectivity index (χ1n) is 6.47. The van der Waals surface area contributed by atoms with E-state index < -0.39 is 5.82 Å². The van der Waals surface area contributed by atoms with Crippen LogP contribution in [-0.4, -0.2) is 23.2 Å². The Hall–Kier alpha value is -1.85. The van der Waals surface area contributed by atoms with Crippen molar-refractivity contribution in [3.63, 3.8) is 0 Å². The summed E-state index contributed by atoms with van der Waals surface area (Å²) in [6.45, 7) is 0. The van der Waals surface area contributed by atoms with Crippen molar-refractivity contribution >= 4 is 40.7 Å². The second-order valence-corrected chi connectivity index (χ2v) is 5.85. The average Bonchev–Trinajstić information content (AvgIpc) is 2.51. The highest BCUT2D eigenvalue weighted by Crippen LogP contribution is 2.22. The zero-order valence-corrected chi connectivity index (χ0v) is 13.1. The van der Waals surface area contributed by atoms with Crippen molar-refractivity contribution in [2.45, 2.75) is 0 Å². The number of Topliss-reactive ketones (excluding diaryl/α,β-unsaturated/α-hetero) is 1. The van der Waals surface area contributed by atoms with Gasteiger partial charge in [0.2, 0.25) is 5.91 Å². The van der Waals surface area contributed by atoms with Crippen LogP contribution in [0.25, 0.3) is 0 Å². The van der Waals surface area contributed by atoms with Crippen LogP contribution >= 0.6 is 23.4 Å². The highest BCUT2D eigenvalue weighted by Gasteiger charge is 2.10. The molecule has 0 saturated heterocycles. The molecule has 0 fully saturated rings. The molecule has 0 saturated carbocycles. The van der Waals surface area contributed by atoms with Crippen LogP contribution in [0, 0.1) is 5.82 Å². The Balaban J connectivity index is 1.81. The van der Waals surface area contributed by atoms with Crippen LogP contribution in [0.2, 0.25) is 5.02 Å². The number of amides is 1. The maximum absolute atomic E-state index is 13.1. The molecular weight excluding hydrogens is 325 g/mol. The van der Waals surface area contributed by atoms with E-state index in [9.17, 15) is 14.0 Å². The third kappa shape index (κ3) is 4.86. The lowest BCUT2D eigenvalue weighted by molar-refractivity contribution is -0.113. The minimum atomic E-state index is -0.480. The maximum atomic E-state index is 13.1. The molecule has 0 aliphatic rings. The van der Waals surface area contributed by atoms with Crippen molar-refractivity contribution in [3.8, 4) is 0 Å². The molecule has 1 N–H and O–H groups in total. The molecule has 1 amide bonds. The third-order valence-electron chi connectivity index (χ3n) is 2.76. The van der Waals surface area contributed by atoms with Crippen LogP contribution in [0.5, 0.6) is 0 Å². The zero-order valence-electron chi connectivity index (χ0n) is 11.5. The van der Waals surface area contributed by atoms with Crippen LogP contribution in [0.1, 0.15) is 10.4 Å². The predicted molar refractivity (Wildman–Crippen MR) is 88.1 cm³/mol. The fourth-order valence-electron chi connectivity index (χ4n) is 1.72. The molecule has 3 nitrogen and oxygen atoms in total. The van der Waals surface area contributed by atoms with Gasteiger partial charge in [-0.05, 0) is 18.2 Å². The van der Waals surface area contributed by atoms with Gasteiger partial charge in [-0.2, -0.15) is 0 Å². The molecule has 0 aliphatic carbocycles. The Bertz CT molecular complexity index is 679. The second-order valence-electron chi connectivity index (χ2n) is 4.45. The number of halogens is 2. The maximum Gasteiger partial charge on any atom is 0.234 e. The number of nitrogens with one attached hydrogen (secondary N) is 1. The number of anilines is 1. The summed E-state index contributed by atoms with van der Waals surface area (Å²) in [5.41, 5.74) is 0.838. The molecule has 0 heterocycles. The lowest BCUT2D eigenvalue weighted by Gasteiger charge is -2.07. The normalized spacial score (nSPS) is 10.3. The first-order chi connectivity index (χ1) is 10.6. The van der Waals surface area contributed by atoms with E-state index in [1.807, 2.05) is 6.07 Å². The summed E-state index contributed by atoms with van der Waals surface area (Å²) < 4.78 is 13.1. The largest absolute Gasteiger partial charge is 0.324 e. The summed E-state index contributed by atoms with van der Waals surface area (Å²) in [5.74, 6) is -0.563. The number of rotatable bonds is 6. The van der Waals surface area contributed by atoms with Crippen molar-refractivity contribution in [1.29, 1.82) is 0 Å². The molecule has 0 bridgehead atoms. The van der Waals surface area contributed by atoms with E-state index in [-0.39, 0.29) is 33.9 Å². The van der Waals surface area contributed by atoms with Gasteiger partial charge in [0.05, 0.1) is 22.2 Å². The summed E-state index contributed by atoms with van der Waals surface area (Å²) in [5, 5.41) is 2.79. The Labute approximate surface area is 136 Å². The van der Waals surface area contributed by atoms with Crippen LogP contribution < -0.4 is 5.32 Å². The fourth-order valence-corrected chi connectivity index (χ4v) is 2.60. The van der Waals surface area contributed by atoms with Crippen LogP contribution in [0.3, 0.4) is 0 Å². The monoisotopic (exact) mass is 337 g/mol. The topological polar surface area (TPSA) is 46.2 Å². The van der Waals surface area contributed by atoms with E-state index in [2.05, 4.69) is 5.32 Å². The number of hydrogen-bond acceptors (Lipinski definition) is 3. The lowest BCUT2D eigenvalue weighted by atomic mass is 10.2. The summed E-state index contributed by atoms with van der Waals surface area (Å²) in [6, 6.07) is 12.6. The van der Waals surface area contributed by atoms with E-state index in [0.29, 0.717) is 5.56 Å². The van der Waals surface area contributed by atoms with E-state index in [0.717, 1.165) is 6.07 Å². The Kier molecular flexibility index (Phi) is 5.98. The molecule has 0 unspecified atom stereocenters. The van der Waals surface area contributed by atoms with Gasteiger partial charge in [0.25, 0.3) is 0 Å². The van der Waals surface area contributed by atoms with Gasteiger partial charge in [0.15, 0.2) is 5.78 Å². The van der Waals surface area contributed by atoms with Crippen molar-refractivity contribution in [2.24, 2.45) is 0 Å². The first-order valence-corrected chi connectivity index (χ1v) is 8.00. The van der Waals surface area contributed by atoms with Gasteiger partial charge in [0.1, 0.15) is 5.82 Å². The third-order valence-corrected chi connectivity index (χ3v) is 4.03. The molecule has 2 aromatic rings. The SMILES string of the molecule is O=C(CSCC(=O)c1ccccc1)Nc1cc(F)ccc1Cl. The molecule has 114 valence electrons. The van der Waals surface area contributed by atoms with Crippen molar-refractivity contribution < 1.29 is 14.0 Å². The molecule has 0 spiro atoms. The standard InChI is InChI=1S/C16H13ClFNO2S/c17-13-7-6-12(18)8-14(13)19-16(21)10-22-9-15(20)11-4-2-1-3-5-11/h1-8H,9-10H2,(H,19,21). The first kappa shape index (κ1) is 16.5. The van der Waals surface area contributed by atoms with Crippen LogP contribution in [0.15, 0.2) is 48.5 Å². The number of carbonyl (C=O) groups excluding carboxylic acids is 2. The van der Waals surface area contributed by atoms with Crippen LogP contribution in [-0.2, 0) is 4.79 Å². The Morgan fingerprint density at radius 3 is 2.55 bits per heavy atom. The molecule has 0 radical (unpaired) electrons. The number of benzene rings is 2. The van der Waals surface area contributed by atoms with Gasteiger partial charge in [-0.15, -0.1) is 11.8 Å². The summed E-state index contributed by atoms with van der Waals surface area (Å²) >= 11 is 7.06. The van der Waals surface area contributed by atoms with E-state index in [1.165, 1.54) is 23.9 Å². The van der Waals surface area contributed by atoms with Gasteiger partial charge >= 0.3 is 0 Å². The predicted octanol–water partition coefficient (Wildman–Crippen LogP) is 4.03. The Morgan fingerprint density at radius 1 is 1.09 bits per heavy atom. The zero-order chi connectivity index (χ0) is 15.9. The average molecular weight is 338 g/mol. The molecular formula is C16H13ClFNO2S. The molecule has 2 aromatic carbocycles. The number of hydrogen-bond donors (Lipinski definition) is 1. The quantitative estimate of drug-likeness (QED) is 0.809. The van der Waals surface area contributed by atoms with Crippen molar-refractivity contribution in [2.75, 3.05) is 16.8 Å². The Morgan fingerprint density at radius 2 is 1.82 bits per heavy atom. The summed E-state index contributed by atoms with van der Waals surface area (Å²) in [7, 11) is 0. The van der Waals surface area contributed by atoms with Gasteiger partial charge in [-0.25, -0.2) is 4.39 Å². The highest BCUT2D eigenvalue weighted by atomic mass is 35.5. The number of ketones is 1. The molecule has 6 heteroatoms. The van der Waals surface area contributed by atoms with Gasteiger partial charge in [0, 0.05) is 5.56 Å². The van der Waals surface area contributed by atoms with Gasteiger partial charge in [-0.1, -0.05) is 41.9 Å². The summed E-state index contributed by atoms with van der Waals surface area (Å²) in [4.78, 5) is 23.6. The van der Waals surface area contributed by atoms with Gasteiger partial charge < -0.3 is 5.32 Å². The molecule has 0 aromatic heterocycles. The van der Waals surface area contributed by atoms with Crippen molar-refractivity contribution in [3.05, 3.63) is 64.9 Å². The van der Waals surface area contributed by atoms with Crippen molar-refractivity contribution in [1.82, 2.24) is 0 Å². The number of carbonyl (C=O) groups is 2. The lowest BCUT2D eigenvalue weighted by Crippen LogP contribution is -2.16. The molecule has 22 heavy (non-hydrogen) atoms. The highest BCUT2D eigenvalue weighted by molar-refractivity contribution is 8.00. The van der Waals surface area contributed by atoms with E-state index in [4.69, 9.17) is 11.6 Å². The molecule has 0 aliphatic heterocycles. The van der Waals surface area contributed by atoms with Gasteiger partial charge in [-0.3, -0.25) is 9.59 Å². The van der Waals surface area contributed by atoms with E-state index >= 15 is 0 Å². The second kappa shape index (κ2) is 7.96. The minimum Gasteiger partial charge on any atom is -0.324 e. The minimum absolute atomic E-state index is 0.0396.